The molecule has 0 bridgehead atoms. The van der Waals surface area contributed by atoms with Crippen LogP contribution in [0.25, 0.3) is 0 Å². The topological polar surface area (TPSA) is 87.3 Å². The number of carbonyl (C=O) groups excluding carboxylic acids is 1. The minimum atomic E-state index is -3.30. The summed E-state index contributed by atoms with van der Waals surface area (Å²) in [5, 5.41) is 5.83. The number of hydrogen-bond acceptors (Lipinski definition) is 4. The summed E-state index contributed by atoms with van der Waals surface area (Å²) in [6.07, 6.45) is 0.970. The molecule has 0 radical (unpaired) electrons. The fourth-order valence-electron chi connectivity index (χ4n) is 2.13. The van der Waals surface area contributed by atoms with Crippen LogP contribution in [0.1, 0.15) is 22.8 Å². The molecule has 0 saturated heterocycles. The lowest BCUT2D eigenvalue weighted by Gasteiger charge is -2.08. The highest BCUT2D eigenvalue weighted by Crippen LogP contribution is 2.22. The number of amides is 1. The second kappa shape index (κ2) is 6.23. The molecule has 0 atom stereocenters. The molecule has 1 heterocycles. The van der Waals surface area contributed by atoms with Gasteiger partial charge in [-0.2, -0.15) is 0 Å². The summed E-state index contributed by atoms with van der Waals surface area (Å²) in [5.41, 5.74) is 2.73. The number of fused-ring (bicyclic) bond motifs is 1. The van der Waals surface area contributed by atoms with Crippen LogP contribution in [0.4, 0.5) is 5.69 Å². The third-order valence-corrected chi connectivity index (χ3v) is 4.57. The van der Waals surface area contributed by atoms with Gasteiger partial charge in [0.15, 0.2) is 0 Å². The maximum Gasteiger partial charge on any atom is 0.251 e. The van der Waals surface area contributed by atoms with Gasteiger partial charge >= 0.3 is 0 Å². The summed E-state index contributed by atoms with van der Waals surface area (Å²) in [4.78, 5) is 11.9. The molecule has 1 amide bonds. The zero-order valence-corrected chi connectivity index (χ0v) is 12.2. The van der Waals surface area contributed by atoms with E-state index in [1.165, 1.54) is 5.56 Å². The van der Waals surface area contributed by atoms with E-state index in [1.807, 2.05) is 6.07 Å². The highest BCUT2D eigenvalue weighted by molar-refractivity contribution is 7.89. The van der Waals surface area contributed by atoms with Crippen molar-refractivity contribution in [3.8, 4) is 0 Å². The zero-order valence-electron chi connectivity index (χ0n) is 11.4. The lowest BCUT2D eigenvalue weighted by atomic mass is 10.1. The van der Waals surface area contributed by atoms with Crippen molar-refractivity contribution in [2.75, 3.05) is 30.7 Å². The van der Waals surface area contributed by atoms with E-state index >= 15 is 0 Å². The van der Waals surface area contributed by atoms with Crippen molar-refractivity contribution in [1.29, 1.82) is 0 Å². The van der Waals surface area contributed by atoms with E-state index in [0.29, 0.717) is 12.1 Å². The number of rotatable bonds is 6. The fourth-order valence-corrected chi connectivity index (χ4v) is 3.08. The molecule has 3 N–H and O–H groups in total. The van der Waals surface area contributed by atoms with Crippen LogP contribution in [0.3, 0.4) is 0 Å². The number of sulfonamides is 1. The summed E-state index contributed by atoms with van der Waals surface area (Å²) < 4.78 is 25.2. The Bertz CT molecular complexity index is 599. The molecular formula is C13H19N3O3S. The van der Waals surface area contributed by atoms with Gasteiger partial charge in [0.2, 0.25) is 10.0 Å². The molecule has 1 aromatic carbocycles. The molecule has 6 nitrogen and oxygen atoms in total. The maximum absolute atomic E-state index is 11.9. The molecule has 1 aromatic rings. The lowest BCUT2D eigenvalue weighted by molar-refractivity contribution is 0.0956. The third kappa shape index (κ3) is 3.71. The molecule has 110 valence electrons. The molecule has 0 aliphatic carbocycles. The van der Waals surface area contributed by atoms with E-state index in [4.69, 9.17) is 0 Å². The van der Waals surface area contributed by atoms with Crippen molar-refractivity contribution in [2.24, 2.45) is 0 Å². The van der Waals surface area contributed by atoms with Crippen LogP contribution in [0.2, 0.25) is 0 Å². The molecule has 0 saturated carbocycles. The Kier molecular flexibility index (Phi) is 4.61. The average Bonchev–Trinajstić information content (AvgIpc) is 2.85. The largest absolute Gasteiger partial charge is 0.384 e. The molecule has 20 heavy (non-hydrogen) atoms. The number of hydrogen-bond donors (Lipinski definition) is 3. The Labute approximate surface area is 119 Å². The second-order valence-electron chi connectivity index (χ2n) is 4.62. The van der Waals surface area contributed by atoms with Gasteiger partial charge in [0, 0.05) is 30.9 Å². The molecule has 0 aromatic heterocycles. The standard InChI is InChI=1S/C13H19N3O3S/c1-2-16-20(18,19)8-7-15-13(17)11-4-3-10-5-6-14-12(10)9-11/h3-4,9,14,16H,2,5-8H2,1H3,(H,15,17). The Balaban J connectivity index is 1.89. The summed E-state index contributed by atoms with van der Waals surface area (Å²) >= 11 is 0. The van der Waals surface area contributed by atoms with E-state index in [-0.39, 0.29) is 18.2 Å². The second-order valence-corrected chi connectivity index (χ2v) is 6.55. The Morgan fingerprint density at radius 1 is 1.40 bits per heavy atom. The Hall–Kier alpha value is -1.60. The third-order valence-electron chi connectivity index (χ3n) is 3.10. The van der Waals surface area contributed by atoms with Crippen molar-refractivity contribution >= 4 is 21.6 Å². The van der Waals surface area contributed by atoms with Gasteiger partial charge in [0.25, 0.3) is 5.91 Å². The van der Waals surface area contributed by atoms with Gasteiger partial charge in [0.05, 0.1) is 5.75 Å². The quantitative estimate of drug-likeness (QED) is 0.706. The molecule has 0 unspecified atom stereocenters. The number of benzene rings is 1. The van der Waals surface area contributed by atoms with Gasteiger partial charge in [0.1, 0.15) is 0 Å². The van der Waals surface area contributed by atoms with Crippen LogP contribution in [-0.2, 0) is 16.4 Å². The molecule has 0 fully saturated rings. The van der Waals surface area contributed by atoms with Gasteiger partial charge in [-0.05, 0) is 24.1 Å². The molecular weight excluding hydrogens is 278 g/mol. The van der Waals surface area contributed by atoms with E-state index in [1.54, 1.807) is 19.1 Å². The maximum atomic E-state index is 11.9. The Morgan fingerprint density at radius 3 is 2.95 bits per heavy atom. The minimum Gasteiger partial charge on any atom is -0.384 e. The Morgan fingerprint density at radius 2 is 2.20 bits per heavy atom. The number of nitrogens with one attached hydrogen (secondary N) is 3. The first kappa shape index (κ1) is 14.8. The first-order valence-electron chi connectivity index (χ1n) is 6.64. The monoisotopic (exact) mass is 297 g/mol. The van der Waals surface area contributed by atoms with Gasteiger partial charge in [-0.3, -0.25) is 4.79 Å². The first-order valence-corrected chi connectivity index (χ1v) is 8.29. The van der Waals surface area contributed by atoms with Gasteiger partial charge in [-0.25, -0.2) is 13.1 Å². The van der Waals surface area contributed by atoms with Crippen molar-refractivity contribution in [3.63, 3.8) is 0 Å². The molecule has 2 rings (SSSR count). The van der Waals surface area contributed by atoms with Crippen molar-refractivity contribution in [3.05, 3.63) is 29.3 Å². The van der Waals surface area contributed by atoms with Crippen LogP contribution in [0.5, 0.6) is 0 Å². The molecule has 0 spiro atoms. The van der Waals surface area contributed by atoms with Gasteiger partial charge in [-0.15, -0.1) is 0 Å². The van der Waals surface area contributed by atoms with Crippen LogP contribution in [0.15, 0.2) is 18.2 Å². The smallest absolute Gasteiger partial charge is 0.251 e. The number of carbonyl (C=O) groups is 1. The van der Waals surface area contributed by atoms with Crippen LogP contribution in [-0.4, -0.2) is 39.7 Å². The molecule has 7 heteroatoms. The highest BCUT2D eigenvalue weighted by Gasteiger charge is 2.14. The average molecular weight is 297 g/mol. The minimum absolute atomic E-state index is 0.0959. The van der Waals surface area contributed by atoms with Crippen molar-refractivity contribution < 1.29 is 13.2 Å². The van der Waals surface area contributed by atoms with Crippen LogP contribution >= 0.6 is 0 Å². The normalized spacial score (nSPS) is 13.7. The van der Waals surface area contributed by atoms with E-state index < -0.39 is 10.0 Å². The lowest BCUT2D eigenvalue weighted by Crippen LogP contribution is -2.34. The van der Waals surface area contributed by atoms with E-state index in [0.717, 1.165) is 18.7 Å². The molecule has 1 aliphatic heterocycles. The van der Waals surface area contributed by atoms with Gasteiger partial charge in [-0.1, -0.05) is 13.0 Å². The van der Waals surface area contributed by atoms with E-state index in [9.17, 15) is 13.2 Å². The molecule has 1 aliphatic rings. The summed E-state index contributed by atoms with van der Waals surface area (Å²) in [6.45, 7) is 3.06. The zero-order chi connectivity index (χ0) is 14.6. The fraction of sp³-hybridized carbons (Fsp3) is 0.462. The van der Waals surface area contributed by atoms with E-state index in [2.05, 4.69) is 15.4 Å². The summed E-state index contributed by atoms with van der Waals surface area (Å²) in [7, 11) is -3.30. The highest BCUT2D eigenvalue weighted by atomic mass is 32.2. The van der Waals surface area contributed by atoms with Crippen molar-refractivity contribution in [2.45, 2.75) is 13.3 Å². The first-order chi connectivity index (χ1) is 9.52. The summed E-state index contributed by atoms with van der Waals surface area (Å²) in [6, 6.07) is 5.50. The summed E-state index contributed by atoms with van der Waals surface area (Å²) in [5.74, 6) is -0.372. The van der Waals surface area contributed by atoms with Crippen molar-refractivity contribution in [1.82, 2.24) is 10.0 Å². The van der Waals surface area contributed by atoms with Gasteiger partial charge < -0.3 is 10.6 Å². The SMILES string of the molecule is CCNS(=O)(=O)CCNC(=O)c1ccc2c(c1)NCC2. The van der Waals surface area contributed by atoms with Crippen LogP contribution < -0.4 is 15.4 Å². The van der Waals surface area contributed by atoms with Crippen LogP contribution in [0, 0.1) is 0 Å². The predicted octanol–water partition coefficient (Wildman–Crippen LogP) is 0.324. The number of anilines is 1. The predicted molar refractivity (Wildman–Crippen MR) is 78.4 cm³/mol.